The van der Waals surface area contributed by atoms with Gasteiger partial charge in [-0.25, -0.2) is 28.1 Å². The highest BCUT2D eigenvalue weighted by molar-refractivity contribution is 7.90. The highest BCUT2D eigenvalue weighted by Gasteiger charge is 2.44. The van der Waals surface area contributed by atoms with E-state index in [0.717, 1.165) is 33.1 Å². The van der Waals surface area contributed by atoms with E-state index in [1.54, 1.807) is 42.4 Å². The zero-order valence-corrected chi connectivity index (χ0v) is 50.7. The second-order valence-electron chi connectivity index (χ2n) is 21.8. The molecule has 2 aliphatic heterocycles. The molecule has 19 nitrogen and oxygen atoms in total. The summed E-state index contributed by atoms with van der Waals surface area (Å²) >= 11 is 0. The molecule has 0 bridgehead atoms. The molecule has 0 aliphatic carbocycles. The summed E-state index contributed by atoms with van der Waals surface area (Å²) in [6.07, 6.45) is 6.32. The quantitative estimate of drug-likeness (QED) is 0.0450. The average Bonchev–Trinajstić information content (AvgIpc) is 1.88. The Labute approximate surface area is 513 Å². The molecular weight excluding hydrogens is 1180 g/mol. The van der Waals surface area contributed by atoms with Crippen LogP contribution in [-0.4, -0.2) is 119 Å². The van der Waals surface area contributed by atoms with Crippen molar-refractivity contribution < 1.29 is 54.3 Å². The molecule has 5 aromatic carbocycles. The van der Waals surface area contributed by atoms with Gasteiger partial charge in [-0.1, -0.05) is 104 Å². The number of hydrogen-bond acceptors (Lipinski definition) is 15. The van der Waals surface area contributed by atoms with Crippen molar-refractivity contribution in [1.82, 2.24) is 34.1 Å². The van der Waals surface area contributed by atoms with E-state index < -0.39 is 57.9 Å². The molecule has 1 atom stereocenters. The van der Waals surface area contributed by atoms with Gasteiger partial charge in [-0.05, 0) is 71.5 Å². The van der Waals surface area contributed by atoms with Crippen molar-refractivity contribution >= 4 is 57.9 Å². The number of ether oxygens (including phenoxy) is 2. The highest BCUT2D eigenvalue weighted by atomic mass is 32.2. The molecule has 6 heterocycles. The van der Waals surface area contributed by atoms with Gasteiger partial charge in [-0.15, -0.1) is 0 Å². The maximum absolute atomic E-state index is 16.6. The Bertz CT molecular complexity index is 4160. The molecule has 0 spiro atoms. The molecule has 2 aliphatic rings. The van der Waals surface area contributed by atoms with E-state index in [-0.39, 0.29) is 80.5 Å². The first-order chi connectivity index (χ1) is 42.9. The molecule has 4 aromatic heterocycles. The number of halogens is 3. The summed E-state index contributed by atoms with van der Waals surface area (Å²) in [7, 11) is -6.70. The average molecular weight is 1250 g/mol. The van der Waals surface area contributed by atoms with Gasteiger partial charge in [0.05, 0.1) is 35.6 Å². The summed E-state index contributed by atoms with van der Waals surface area (Å²) in [6, 6.07) is 40.6. The number of piperazine rings is 1. The molecule has 0 radical (unpaired) electrons. The number of carbonyl (C=O) groups is 2. The van der Waals surface area contributed by atoms with E-state index in [1.807, 2.05) is 113 Å². The van der Waals surface area contributed by atoms with Crippen LogP contribution in [0, 0.1) is 17.5 Å². The van der Waals surface area contributed by atoms with Crippen molar-refractivity contribution in [2.24, 2.45) is 0 Å². The topological polar surface area (TPSA) is 215 Å². The molecule has 24 heteroatoms. The summed E-state index contributed by atoms with van der Waals surface area (Å²) in [6.45, 7) is 5.56. The molecule has 1 unspecified atom stereocenters. The predicted octanol–water partition coefficient (Wildman–Crippen LogP) is 11.6. The van der Waals surface area contributed by atoms with Crippen LogP contribution in [0.5, 0.6) is 11.8 Å². The third-order valence-corrected chi connectivity index (χ3v) is 18.6. The SMILES string of the molecule is CCN(C)S(=O)(=O)Nc1ccc(F)c(C(=O)c2c[nH]c3ncc(-c4cnc(N5CCN(C(=O)CC6(OP(C)(=O)OCc7ccccc7)CCN(c7ccc(-c8ccc(OCc9ccccc9)nc8OCc8ccccc8)cc7F)CC6)CC5)nc4)cc23)c1F. The predicted molar refractivity (Wildman–Crippen MR) is 332 cm³/mol. The van der Waals surface area contributed by atoms with Crippen LogP contribution in [0.4, 0.5) is 30.5 Å². The number of ketones is 1. The third-order valence-electron chi connectivity index (χ3n) is 15.8. The third kappa shape index (κ3) is 14.5. The lowest BCUT2D eigenvalue weighted by molar-refractivity contribution is -0.136. The maximum atomic E-state index is 16.6. The van der Waals surface area contributed by atoms with Crippen molar-refractivity contribution in [3.05, 3.63) is 210 Å². The van der Waals surface area contributed by atoms with Crippen LogP contribution in [0.1, 0.15) is 58.8 Å². The van der Waals surface area contributed by atoms with Crippen molar-refractivity contribution in [2.75, 3.05) is 74.0 Å². The van der Waals surface area contributed by atoms with Gasteiger partial charge in [0.2, 0.25) is 29.4 Å². The van der Waals surface area contributed by atoms with E-state index in [0.29, 0.717) is 72.6 Å². The maximum Gasteiger partial charge on any atom is 0.328 e. The normalized spacial score (nSPS) is 15.0. The van der Waals surface area contributed by atoms with E-state index in [1.165, 1.54) is 32.2 Å². The molecular formula is C65H64F3N10O9PS. The number of carbonyl (C=O) groups excluding carboxylic acids is 2. The number of pyridine rings is 2. The molecule has 2 N–H and O–H groups in total. The number of fused-ring (bicyclic) bond motifs is 1. The minimum absolute atomic E-state index is 0.0288. The van der Waals surface area contributed by atoms with Crippen LogP contribution in [-0.2, 0) is 48.4 Å². The number of rotatable bonds is 23. The van der Waals surface area contributed by atoms with Gasteiger partial charge >= 0.3 is 17.8 Å². The van der Waals surface area contributed by atoms with Crippen LogP contribution >= 0.6 is 7.60 Å². The number of H-pyrrole nitrogens is 1. The Morgan fingerprint density at radius 3 is 1.98 bits per heavy atom. The van der Waals surface area contributed by atoms with Gasteiger partial charge in [0.1, 0.15) is 30.5 Å². The summed E-state index contributed by atoms with van der Waals surface area (Å²) in [4.78, 5) is 55.1. The number of amides is 1. The number of anilines is 3. The number of aromatic amines is 1. The Hall–Kier alpha value is -8.99. The van der Waals surface area contributed by atoms with Gasteiger partial charge in [-0.2, -0.15) is 17.7 Å². The zero-order chi connectivity index (χ0) is 62.3. The summed E-state index contributed by atoms with van der Waals surface area (Å²) in [5, 5.41) is 0.244. The zero-order valence-electron chi connectivity index (χ0n) is 49.0. The minimum Gasteiger partial charge on any atom is -0.473 e. The molecule has 2 fully saturated rings. The molecule has 89 heavy (non-hydrogen) atoms. The fourth-order valence-corrected chi connectivity index (χ4v) is 13.0. The monoisotopic (exact) mass is 1250 g/mol. The van der Waals surface area contributed by atoms with Crippen LogP contribution in [0.25, 0.3) is 33.3 Å². The first kappa shape index (κ1) is 61.6. The Kier molecular flexibility index (Phi) is 18.5. The van der Waals surface area contributed by atoms with Crippen molar-refractivity contribution in [3.8, 4) is 34.0 Å². The lowest BCUT2D eigenvalue weighted by Gasteiger charge is -2.44. The summed E-state index contributed by atoms with van der Waals surface area (Å²) in [5.41, 5.74) is 2.57. The van der Waals surface area contributed by atoms with Gasteiger partial charge < -0.3 is 38.2 Å². The molecule has 11 rings (SSSR count). The second kappa shape index (κ2) is 26.8. The first-order valence-corrected chi connectivity index (χ1v) is 32.3. The van der Waals surface area contributed by atoms with Gasteiger partial charge in [-0.3, -0.25) is 18.9 Å². The van der Waals surface area contributed by atoms with Crippen LogP contribution in [0.3, 0.4) is 0 Å². The fourth-order valence-electron chi connectivity index (χ4n) is 10.7. The number of benzene rings is 5. The molecule has 0 saturated carbocycles. The van der Waals surface area contributed by atoms with Gasteiger partial charge in [0, 0.05) is 118 Å². The second-order valence-corrected chi connectivity index (χ2v) is 25.5. The van der Waals surface area contributed by atoms with Crippen LogP contribution in [0.2, 0.25) is 0 Å². The number of nitrogens with one attached hydrogen (secondary N) is 2. The molecule has 460 valence electrons. The Morgan fingerprint density at radius 2 is 1.34 bits per heavy atom. The number of aromatic nitrogens is 5. The smallest absolute Gasteiger partial charge is 0.328 e. The Balaban J connectivity index is 0.753. The van der Waals surface area contributed by atoms with Gasteiger partial charge in [0.25, 0.3) is 0 Å². The lowest BCUT2D eigenvalue weighted by Crippen LogP contribution is -2.53. The molecule has 1 amide bonds. The largest absolute Gasteiger partial charge is 0.473 e. The number of nitrogens with zero attached hydrogens (tertiary/aromatic N) is 8. The van der Waals surface area contributed by atoms with E-state index in [4.69, 9.17) is 23.5 Å². The number of piperidine rings is 1. The molecule has 2 saturated heterocycles. The first-order valence-electron chi connectivity index (χ1n) is 28.9. The highest BCUT2D eigenvalue weighted by Crippen LogP contribution is 2.52. The lowest BCUT2D eigenvalue weighted by atomic mass is 9.87. The van der Waals surface area contributed by atoms with Crippen LogP contribution in [0.15, 0.2) is 164 Å². The van der Waals surface area contributed by atoms with Crippen molar-refractivity contribution in [3.63, 3.8) is 0 Å². The van der Waals surface area contributed by atoms with E-state index in [2.05, 4.69) is 24.7 Å². The van der Waals surface area contributed by atoms with Crippen molar-refractivity contribution in [2.45, 2.75) is 51.6 Å². The minimum atomic E-state index is -4.20. The van der Waals surface area contributed by atoms with Gasteiger partial charge in [0.15, 0.2) is 5.82 Å². The standard InChI is InChI=1S/C65H64F3N10O9PS/c1-4-75(2)89(82,83)74-55-23-22-53(66)59(60(55)68)61(80)52-40-70-62-51(52)34-48(37-69-62)49-38-71-64(72-39-49)78-32-30-77(31-33-78)58(79)36-65(87-88(3,81)86-43-46-18-12-7-13-19-46)26-28-76(29-27-65)56-24-20-47(35-54(56)67)50-21-25-57(84-41-44-14-8-5-9-15-44)73-63(50)85-42-45-16-10-6-11-17-45/h5-25,34-35,37-40,74H,4,26-33,36,41-43H2,1-3H3,(H,69,70). The van der Waals surface area contributed by atoms with E-state index >= 15 is 13.2 Å². The van der Waals surface area contributed by atoms with Crippen LogP contribution < -0.4 is 24.0 Å². The summed E-state index contributed by atoms with van der Waals surface area (Å²) < 4.78 is 115. The summed E-state index contributed by atoms with van der Waals surface area (Å²) in [5.74, 6) is -3.25. The fraction of sp³-hybridized carbons (Fsp3) is 0.262. The number of hydrogen-bond donors (Lipinski definition) is 2. The molecule has 9 aromatic rings. The Morgan fingerprint density at radius 1 is 0.708 bits per heavy atom. The van der Waals surface area contributed by atoms with Crippen molar-refractivity contribution in [1.29, 1.82) is 0 Å². The van der Waals surface area contributed by atoms with E-state index in [9.17, 15) is 22.6 Å².